The topological polar surface area (TPSA) is 68.2 Å². The minimum Gasteiger partial charge on any atom is -0.447 e. The molecule has 0 spiro atoms. The number of hydrogen-bond donors (Lipinski definition) is 0. The number of thioether (sulfide) groups is 1. The average molecular weight is 435 g/mol. The Balaban J connectivity index is 1.85. The van der Waals surface area contributed by atoms with Crippen molar-refractivity contribution in [3.8, 4) is 17.1 Å². The lowest BCUT2D eigenvalue weighted by Gasteiger charge is -2.30. The summed E-state index contributed by atoms with van der Waals surface area (Å²) >= 11 is 1.55. The van der Waals surface area contributed by atoms with Gasteiger partial charge in [-0.25, -0.2) is 0 Å². The maximum absolute atomic E-state index is 12.8. The third-order valence-electron chi connectivity index (χ3n) is 5.07. The highest BCUT2D eigenvalue weighted by molar-refractivity contribution is 7.99. The third kappa shape index (κ3) is 4.42. The van der Waals surface area contributed by atoms with E-state index in [2.05, 4.69) is 48.1 Å². The normalized spacial score (nSPS) is 15.1. The zero-order valence-electron chi connectivity index (χ0n) is 18.2. The molecular weight excluding hydrogens is 408 g/mol. The fraction of sp³-hybridized carbons (Fsp3) is 0.333. The third-order valence-corrected chi connectivity index (χ3v) is 6.33. The highest BCUT2D eigenvalue weighted by Crippen LogP contribution is 2.43. The molecule has 0 saturated heterocycles. The van der Waals surface area contributed by atoms with Crippen LogP contribution >= 0.6 is 11.8 Å². The quantitative estimate of drug-likeness (QED) is 0.508. The monoisotopic (exact) mass is 434 g/mol. The molecule has 31 heavy (non-hydrogen) atoms. The van der Waals surface area contributed by atoms with Crippen molar-refractivity contribution >= 4 is 23.4 Å². The van der Waals surface area contributed by atoms with E-state index >= 15 is 0 Å². The van der Waals surface area contributed by atoms with E-state index in [1.807, 2.05) is 36.4 Å². The summed E-state index contributed by atoms with van der Waals surface area (Å²) in [4.78, 5) is 19.1. The van der Waals surface area contributed by atoms with E-state index in [-0.39, 0.29) is 5.91 Å². The van der Waals surface area contributed by atoms with Gasteiger partial charge in [0.1, 0.15) is 0 Å². The lowest BCUT2D eigenvalue weighted by molar-refractivity contribution is -0.118. The molecule has 1 aliphatic heterocycles. The summed E-state index contributed by atoms with van der Waals surface area (Å²) < 4.78 is 6.40. The Morgan fingerprint density at radius 3 is 2.55 bits per heavy atom. The van der Waals surface area contributed by atoms with E-state index in [9.17, 15) is 4.79 Å². The first kappa shape index (κ1) is 21.3. The standard InChI is InChI=1S/C24H26N4O2S/c1-5-17-10-12-18(13-11-17)23-28(16(4)29)20-9-7-6-8-19(20)21-22(30-23)25-24(27-26-21)31-14-15(2)3/h6-13,15,23H,5,14H2,1-4H3/t23-/m1/s1. The van der Waals surface area contributed by atoms with Gasteiger partial charge in [0.2, 0.25) is 23.2 Å². The predicted octanol–water partition coefficient (Wildman–Crippen LogP) is 5.29. The van der Waals surface area contributed by atoms with Gasteiger partial charge in [-0.05, 0) is 24.0 Å². The second-order valence-electron chi connectivity index (χ2n) is 7.92. The molecule has 1 atom stereocenters. The van der Waals surface area contributed by atoms with Gasteiger partial charge in [0.25, 0.3) is 0 Å². The van der Waals surface area contributed by atoms with Crippen LogP contribution in [0.1, 0.15) is 45.0 Å². The first-order valence-corrected chi connectivity index (χ1v) is 11.5. The molecule has 160 valence electrons. The van der Waals surface area contributed by atoms with Crippen molar-refractivity contribution in [3.05, 3.63) is 59.7 Å². The van der Waals surface area contributed by atoms with Gasteiger partial charge >= 0.3 is 0 Å². The fourth-order valence-corrected chi connectivity index (χ4v) is 4.22. The highest BCUT2D eigenvalue weighted by atomic mass is 32.2. The molecule has 0 fully saturated rings. The second kappa shape index (κ2) is 9.06. The molecule has 0 radical (unpaired) electrons. The van der Waals surface area contributed by atoms with Gasteiger partial charge in [-0.1, -0.05) is 75.0 Å². The molecule has 1 aliphatic rings. The van der Waals surface area contributed by atoms with Crippen molar-refractivity contribution < 1.29 is 9.53 Å². The molecule has 3 aromatic rings. The zero-order chi connectivity index (χ0) is 22.0. The number of aryl methyl sites for hydroxylation is 1. The van der Waals surface area contributed by atoms with Crippen LogP contribution in [0.5, 0.6) is 5.88 Å². The molecule has 0 bridgehead atoms. The fourth-order valence-electron chi connectivity index (χ4n) is 3.49. The molecule has 7 heteroatoms. The molecule has 0 N–H and O–H groups in total. The molecule has 6 nitrogen and oxygen atoms in total. The smallest absolute Gasteiger partial charge is 0.247 e. The van der Waals surface area contributed by atoms with Crippen molar-refractivity contribution in [2.24, 2.45) is 5.92 Å². The number of anilines is 1. The summed E-state index contributed by atoms with van der Waals surface area (Å²) in [5.74, 6) is 1.67. The first-order chi connectivity index (χ1) is 15.0. The van der Waals surface area contributed by atoms with Crippen LogP contribution in [0.2, 0.25) is 0 Å². The van der Waals surface area contributed by atoms with Crippen LogP contribution in [-0.2, 0) is 11.2 Å². The molecule has 1 amide bonds. The molecule has 1 aromatic heterocycles. The van der Waals surface area contributed by atoms with Crippen molar-refractivity contribution in [3.63, 3.8) is 0 Å². The second-order valence-corrected chi connectivity index (χ2v) is 8.91. The molecule has 2 aromatic carbocycles. The van der Waals surface area contributed by atoms with Crippen LogP contribution in [0, 0.1) is 5.92 Å². The number of carbonyl (C=O) groups excluding carboxylic acids is 1. The number of ether oxygens (including phenoxy) is 1. The van der Waals surface area contributed by atoms with Gasteiger partial charge in [-0.15, -0.1) is 10.2 Å². The van der Waals surface area contributed by atoms with E-state index in [1.54, 1.807) is 23.6 Å². The maximum Gasteiger partial charge on any atom is 0.247 e. The number of para-hydroxylation sites is 1. The molecule has 0 saturated carbocycles. The summed E-state index contributed by atoms with van der Waals surface area (Å²) in [6, 6.07) is 15.8. The van der Waals surface area contributed by atoms with Crippen molar-refractivity contribution in [1.29, 1.82) is 0 Å². The van der Waals surface area contributed by atoms with Gasteiger partial charge in [-0.3, -0.25) is 9.69 Å². The van der Waals surface area contributed by atoms with Crippen LogP contribution in [0.15, 0.2) is 53.7 Å². The van der Waals surface area contributed by atoms with Crippen LogP contribution in [-0.4, -0.2) is 26.8 Å². The molecular formula is C24H26N4O2S. The zero-order valence-corrected chi connectivity index (χ0v) is 19.0. The Kier molecular flexibility index (Phi) is 6.23. The van der Waals surface area contributed by atoms with Gasteiger partial charge < -0.3 is 4.74 Å². The van der Waals surface area contributed by atoms with Crippen LogP contribution in [0.3, 0.4) is 0 Å². The van der Waals surface area contributed by atoms with E-state index < -0.39 is 6.23 Å². The maximum atomic E-state index is 12.8. The minimum atomic E-state index is -0.648. The first-order valence-electron chi connectivity index (χ1n) is 10.5. The summed E-state index contributed by atoms with van der Waals surface area (Å²) in [6.07, 6.45) is 0.298. The number of rotatable bonds is 5. The molecule has 2 heterocycles. The van der Waals surface area contributed by atoms with Crippen molar-refractivity contribution in [2.45, 2.75) is 45.5 Å². The number of benzene rings is 2. The molecule has 0 unspecified atom stereocenters. The van der Waals surface area contributed by atoms with Gasteiger partial charge in [0, 0.05) is 23.8 Å². The van der Waals surface area contributed by atoms with Crippen LogP contribution < -0.4 is 9.64 Å². The van der Waals surface area contributed by atoms with E-state index in [1.165, 1.54) is 5.56 Å². The van der Waals surface area contributed by atoms with Gasteiger partial charge in [0.15, 0.2) is 5.69 Å². The number of carbonyl (C=O) groups is 1. The Morgan fingerprint density at radius 1 is 1.13 bits per heavy atom. The number of nitrogens with zero attached hydrogens (tertiary/aromatic N) is 4. The average Bonchev–Trinajstić information content (AvgIpc) is 2.92. The number of hydrogen-bond acceptors (Lipinski definition) is 6. The SMILES string of the molecule is CCc1ccc([C@H]2Oc3nc(SCC(C)C)nnc3-c3ccccc3N2C(C)=O)cc1. The van der Waals surface area contributed by atoms with E-state index in [4.69, 9.17) is 4.74 Å². The molecule has 0 aliphatic carbocycles. The number of aromatic nitrogens is 3. The number of fused-ring (bicyclic) bond motifs is 3. The highest BCUT2D eigenvalue weighted by Gasteiger charge is 2.34. The molecule has 4 rings (SSSR count). The van der Waals surface area contributed by atoms with E-state index in [0.29, 0.717) is 22.6 Å². The number of amides is 1. The largest absolute Gasteiger partial charge is 0.447 e. The van der Waals surface area contributed by atoms with Crippen molar-refractivity contribution in [1.82, 2.24) is 15.2 Å². The predicted molar refractivity (Wildman–Crippen MR) is 123 cm³/mol. The Morgan fingerprint density at radius 2 is 1.87 bits per heavy atom. The Bertz CT molecular complexity index is 1090. The van der Waals surface area contributed by atoms with E-state index in [0.717, 1.165) is 29.0 Å². The summed E-state index contributed by atoms with van der Waals surface area (Å²) in [5, 5.41) is 9.34. The lowest BCUT2D eigenvalue weighted by atomic mass is 10.1. The summed E-state index contributed by atoms with van der Waals surface area (Å²) in [6.45, 7) is 7.96. The lowest BCUT2D eigenvalue weighted by Crippen LogP contribution is -2.36. The van der Waals surface area contributed by atoms with Gasteiger partial charge in [0.05, 0.1) is 5.69 Å². The van der Waals surface area contributed by atoms with Crippen molar-refractivity contribution in [2.75, 3.05) is 10.7 Å². The van der Waals surface area contributed by atoms with Crippen LogP contribution in [0.25, 0.3) is 11.3 Å². The van der Waals surface area contributed by atoms with Gasteiger partial charge in [-0.2, -0.15) is 4.98 Å². The Labute approximate surface area is 187 Å². The summed E-state index contributed by atoms with van der Waals surface area (Å²) in [7, 11) is 0. The summed E-state index contributed by atoms with van der Waals surface area (Å²) in [5.41, 5.74) is 4.16. The van der Waals surface area contributed by atoms with Crippen LogP contribution in [0.4, 0.5) is 5.69 Å². The minimum absolute atomic E-state index is 0.118. The Hall–Kier alpha value is -2.93.